The van der Waals surface area contributed by atoms with Crippen LogP contribution in [0, 0.1) is 11.2 Å². The predicted octanol–water partition coefficient (Wildman–Crippen LogP) is 1.91. The molecule has 6 heteroatoms. The Morgan fingerprint density at radius 2 is 2.15 bits per heavy atom. The van der Waals surface area contributed by atoms with Crippen LogP contribution >= 0.6 is 15.9 Å². The van der Waals surface area contributed by atoms with Crippen LogP contribution in [0.25, 0.3) is 10.8 Å². The summed E-state index contributed by atoms with van der Waals surface area (Å²) in [6.45, 7) is 1.16. The Labute approximate surface area is 122 Å². The van der Waals surface area contributed by atoms with Crippen LogP contribution in [0.3, 0.4) is 0 Å². The molecule has 0 unspecified atom stereocenters. The lowest BCUT2D eigenvalue weighted by Gasteiger charge is -2.40. The van der Waals surface area contributed by atoms with Crippen molar-refractivity contribution < 1.29 is 14.2 Å². The quantitative estimate of drug-likeness (QED) is 0.927. The number of aromatic nitrogens is 1. The fraction of sp³-hybridized carbons (Fsp3) is 0.357. The molecule has 0 bridgehead atoms. The van der Waals surface area contributed by atoms with Crippen LogP contribution in [-0.4, -0.2) is 29.5 Å². The molecule has 3 rings (SSSR count). The van der Waals surface area contributed by atoms with Crippen molar-refractivity contribution in [2.45, 2.75) is 6.54 Å². The average molecular weight is 342 g/mol. The Bertz CT molecular complexity index is 719. The van der Waals surface area contributed by atoms with Gasteiger partial charge in [-0.15, -0.1) is 0 Å². The number of pyridine rings is 1. The average Bonchev–Trinajstić information content (AvgIpc) is 2.39. The van der Waals surface area contributed by atoms with Gasteiger partial charge in [0.15, 0.2) is 0 Å². The molecule has 0 aliphatic carbocycles. The fourth-order valence-electron chi connectivity index (χ4n) is 2.42. The van der Waals surface area contributed by atoms with Crippen LogP contribution in [0.4, 0.5) is 4.39 Å². The normalized spacial score (nSPS) is 17.1. The summed E-state index contributed by atoms with van der Waals surface area (Å²) in [4.78, 5) is 12.4. The molecule has 106 valence electrons. The van der Waals surface area contributed by atoms with Gasteiger partial charge < -0.3 is 14.4 Å². The first kappa shape index (κ1) is 13.7. The van der Waals surface area contributed by atoms with Crippen molar-refractivity contribution in [3.63, 3.8) is 0 Å². The van der Waals surface area contributed by atoms with Gasteiger partial charge >= 0.3 is 0 Å². The predicted molar refractivity (Wildman–Crippen MR) is 76.2 cm³/mol. The van der Waals surface area contributed by atoms with Gasteiger partial charge in [-0.3, -0.25) is 4.79 Å². The third-order valence-corrected chi connectivity index (χ3v) is 4.29. The zero-order valence-electron chi connectivity index (χ0n) is 10.6. The molecule has 0 amide bonds. The van der Waals surface area contributed by atoms with Gasteiger partial charge in [0.2, 0.25) is 0 Å². The first-order valence-corrected chi connectivity index (χ1v) is 7.01. The largest absolute Gasteiger partial charge is 0.396 e. The molecular weight excluding hydrogens is 329 g/mol. The lowest BCUT2D eigenvalue weighted by atomic mass is 9.87. The molecule has 1 aromatic heterocycles. The molecule has 0 radical (unpaired) electrons. The van der Waals surface area contributed by atoms with E-state index in [4.69, 9.17) is 4.74 Å². The minimum Gasteiger partial charge on any atom is -0.396 e. The minimum atomic E-state index is -0.442. The van der Waals surface area contributed by atoms with E-state index in [1.165, 1.54) is 16.7 Å². The maximum absolute atomic E-state index is 13.3. The van der Waals surface area contributed by atoms with Gasteiger partial charge in [-0.05, 0) is 28.1 Å². The molecule has 0 spiro atoms. The summed E-state index contributed by atoms with van der Waals surface area (Å²) in [5.41, 5.74) is -0.674. The van der Waals surface area contributed by atoms with Crippen LogP contribution in [0.15, 0.2) is 33.7 Å². The Hall–Kier alpha value is -1.24. The molecule has 1 fully saturated rings. The molecule has 1 N–H and O–H groups in total. The van der Waals surface area contributed by atoms with Gasteiger partial charge in [0.1, 0.15) is 5.82 Å². The molecule has 1 aliphatic rings. The molecule has 0 saturated carbocycles. The molecule has 4 nitrogen and oxygen atoms in total. The van der Waals surface area contributed by atoms with E-state index in [9.17, 15) is 14.3 Å². The Morgan fingerprint density at radius 3 is 2.75 bits per heavy atom. The second-order valence-corrected chi connectivity index (χ2v) is 6.11. The maximum atomic E-state index is 13.3. The van der Waals surface area contributed by atoms with E-state index in [1.807, 2.05) is 0 Å². The summed E-state index contributed by atoms with van der Waals surface area (Å²) < 4.78 is 20.7. The molecule has 1 aromatic carbocycles. The molecule has 1 saturated heterocycles. The highest BCUT2D eigenvalue weighted by Gasteiger charge is 2.38. The summed E-state index contributed by atoms with van der Waals surface area (Å²) in [5, 5.41) is 10.5. The van der Waals surface area contributed by atoms with Gasteiger partial charge in [0.25, 0.3) is 5.56 Å². The van der Waals surface area contributed by atoms with E-state index in [-0.39, 0.29) is 12.2 Å². The van der Waals surface area contributed by atoms with Crippen LogP contribution in [0.5, 0.6) is 0 Å². The third-order valence-electron chi connectivity index (χ3n) is 3.66. The number of aliphatic hydroxyl groups excluding tert-OH is 1. The third kappa shape index (κ3) is 2.17. The summed E-state index contributed by atoms with van der Waals surface area (Å²) >= 11 is 3.40. The Morgan fingerprint density at radius 1 is 1.40 bits per heavy atom. The zero-order chi connectivity index (χ0) is 14.3. The molecule has 20 heavy (non-hydrogen) atoms. The van der Waals surface area contributed by atoms with Crippen LogP contribution in [0.2, 0.25) is 0 Å². The van der Waals surface area contributed by atoms with E-state index >= 15 is 0 Å². The van der Waals surface area contributed by atoms with E-state index in [2.05, 4.69) is 15.9 Å². The second-order valence-electron chi connectivity index (χ2n) is 5.25. The van der Waals surface area contributed by atoms with Crippen molar-refractivity contribution in [2.24, 2.45) is 5.41 Å². The van der Waals surface area contributed by atoms with Crippen molar-refractivity contribution in [2.75, 3.05) is 19.8 Å². The van der Waals surface area contributed by atoms with Crippen molar-refractivity contribution in [3.05, 3.63) is 45.0 Å². The topological polar surface area (TPSA) is 51.5 Å². The summed E-state index contributed by atoms with van der Waals surface area (Å²) in [6.07, 6.45) is 1.68. The number of ether oxygens (including phenoxy) is 1. The molecule has 2 heterocycles. The lowest BCUT2D eigenvalue weighted by Crippen LogP contribution is -2.50. The van der Waals surface area contributed by atoms with Gasteiger partial charge in [0, 0.05) is 22.6 Å². The summed E-state index contributed by atoms with van der Waals surface area (Å²) in [7, 11) is 0. The number of benzene rings is 1. The van der Waals surface area contributed by atoms with Crippen molar-refractivity contribution in [3.8, 4) is 0 Å². The standard InChI is InChI=1S/C14H13BrFNO3/c15-12-4-17(5-14(6-18)7-20-8-14)13(19)11-3-9(16)1-2-10(11)12/h1-4,18H,5-8H2. The van der Waals surface area contributed by atoms with Gasteiger partial charge in [-0.1, -0.05) is 6.07 Å². The smallest absolute Gasteiger partial charge is 0.258 e. The monoisotopic (exact) mass is 341 g/mol. The highest BCUT2D eigenvalue weighted by Crippen LogP contribution is 2.29. The van der Waals surface area contributed by atoms with E-state index < -0.39 is 11.2 Å². The Kier molecular flexibility index (Phi) is 3.40. The molecular formula is C14H13BrFNO3. The number of halogens is 2. The van der Waals surface area contributed by atoms with Crippen LogP contribution in [-0.2, 0) is 11.3 Å². The van der Waals surface area contributed by atoms with Crippen LogP contribution < -0.4 is 5.56 Å². The van der Waals surface area contributed by atoms with E-state index in [0.717, 1.165) is 4.47 Å². The van der Waals surface area contributed by atoms with Crippen molar-refractivity contribution in [1.29, 1.82) is 0 Å². The number of nitrogens with zero attached hydrogens (tertiary/aromatic N) is 1. The lowest BCUT2D eigenvalue weighted by molar-refractivity contribution is -0.145. The van der Waals surface area contributed by atoms with Crippen molar-refractivity contribution >= 4 is 26.7 Å². The SMILES string of the molecule is O=c1c2cc(F)ccc2c(Br)cn1CC1(CO)COC1. The first-order chi connectivity index (χ1) is 9.54. The number of fused-ring (bicyclic) bond motifs is 1. The van der Waals surface area contributed by atoms with E-state index in [1.54, 1.807) is 12.3 Å². The second kappa shape index (κ2) is 4.95. The number of hydrogen-bond donors (Lipinski definition) is 1. The first-order valence-electron chi connectivity index (χ1n) is 6.21. The van der Waals surface area contributed by atoms with Crippen molar-refractivity contribution in [1.82, 2.24) is 4.57 Å². The molecule has 2 aromatic rings. The summed E-state index contributed by atoms with van der Waals surface area (Å²) in [5.74, 6) is -0.442. The van der Waals surface area contributed by atoms with Gasteiger partial charge in [0.05, 0.1) is 30.6 Å². The van der Waals surface area contributed by atoms with Gasteiger partial charge in [-0.25, -0.2) is 4.39 Å². The number of rotatable bonds is 3. The number of aliphatic hydroxyl groups is 1. The van der Waals surface area contributed by atoms with E-state index in [0.29, 0.717) is 30.5 Å². The molecule has 1 aliphatic heterocycles. The zero-order valence-corrected chi connectivity index (χ0v) is 12.2. The van der Waals surface area contributed by atoms with Crippen LogP contribution in [0.1, 0.15) is 0 Å². The molecule has 0 atom stereocenters. The highest BCUT2D eigenvalue weighted by molar-refractivity contribution is 9.10. The van der Waals surface area contributed by atoms with Gasteiger partial charge in [-0.2, -0.15) is 0 Å². The number of hydrogen-bond acceptors (Lipinski definition) is 3. The Balaban J connectivity index is 2.12. The fourth-order valence-corrected chi connectivity index (χ4v) is 3.02. The maximum Gasteiger partial charge on any atom is 0.258 e. The summed E-state index contributed by atoms with van der Waals surface area (Å²) in [6, 6.07) is 4.14. The highest BCUT2D eigenvalue weighted by atomic mass is 79.9. The minimum absolute atomic E-state index is 0.0434.